The van der Waals surface area contributed by atoms with Crippen LogP contribution in [0.1, 0.15) is 49.7 Å². The van der Waals surface area contributed by atoms with Crippen LogP contribution in [-0.4, -0.2) is 41.5 Å². The zero-order chi connectivity index (χ0) is 19.0. The zero-order valence-electron chi connectivity index (χ0n) is 15.7. The minimum atomic E-state index is -0.822. The molecule has 2 fully saturated rings. The van der Waals surface area contributed by atoms with E-state index in [1.165, 1.54) is 11.1 Å². The SMILES string of the molecule is Cc1ccc2c(c1)CCCN2CC(=O)NN1C(=O)NC2(CCCCC2)C1=O. The van der Waals surface area contributed by atoms with E-state index in [-0.39, 0.29) is 18.4 Å². The summed E-state index contributed by atoms with van der Waals surface area (Å²) in [5.41, 5.74) is 5.21. The fourth-order valence-electron chi connectivity index (χ4n) is 4.52. The lowest BCUT2D eigenvalue weighted by molar-refractivity contribution is -0.139. The molecule has 2 aliphatic heterocycles. The van der Waals surface area contributed by atoms with Gasteiger partial charge in [-0.1, -0.05) is 37.0 Å². The van der Waals surface area contributed by atoms with Gasteiger partial charge in [-0.2, -0.15) is 5.01 Å². The molecule has 0 aromatic heterocycles. The maximum atomic E-state index is 12.8. The van der Waals surface area contributed by atoms with Gasteiger partial charge in [-0.05, 0) is 44.2 Å². The van der Waals surface area contributed by atoms with Crippen molar-refractivity contribution in [1.29, 1.82) is 0 Å². The lowest BCUT2D eigenvalue weighted by Gasteiger charge is -2.32. The topological polar surface area (TPSA) is 81.8 Å². The Morgan fingerprint density at radius 2 is 1.96 bits per heavy atom. The first-order chi connectivity index (χ1) is 13.0. The summed E-state index contributed by atoms with van der Waals surface area (Å²) in [6, 6.07) is 5.72. The van der Waals surface area contributed by atoms with Crippen LogP contribution in [0.15, 0.2) is 18.2 Å². The van der Waals surface area contributed by atoms with E-state index in [0.29, 0.717) is 12.8 Å². The first kappa shape index (κ1) is 17.8. The number of fused-ring (bicyclic) bond motifs is 1. The molecule has 1 spiro atoms. The quantitative estimate of drug-likeness (QED) is 0.798. The van der Waals surface area contributed by atoms with E-state index in [0.717, 1.165) is 49.3 Å². The van der Waals surface area contributed by atoms with E-state index in [2.05, 4.69) is 23.7 Å². The van der Waals surface area contributed by atoms with Crippen molar-refractivity contribution >= 4 is 23.5 Å². The minimum absolute atomic E-state index is 0.125. The Morgan fingerprint density at radius 3 is 2.74 bits per heavy atom. The number of nitrogens with zero attached hydrogens (tertiary/aromatic N) is 2. The van der Waals surface area contributed by atoms with Gasteiger partial charge in [0.05, 0.1) is 6.54 Å². The molecule has 1 saturated carbocycles. The molecule has 7 heteroatoms. The molecule has 1 aromatic carbocycles. The lowest BCUT2D eigenvalue weighted by Crippen LogP contribution is -2.52. The van der Waals surface area contributed by atoms with Crippen molar-refractivity contribution in [3.8, 4) is 0 Å². The summed E-state index contributed by atoms with van der Waals surface area (Å²) in [5, 5.41) is 3.69. The van der Waals surface area contributed by atoms with Crippen molar-refractivity contribution in [2.75, 3.05) is 18.0 Å². The van der Waals surface area contributed by atoms with Crippen LogP contribution < -0.4 is 15.6 Å². The molecule has 1 aromatic rings. The highest BCUT2D eigenvalue weighted by Gasteiger charge is 2.52. The van der Waals surface area contributed by atoms with Gasteiger partial charge in [0.2, 0.25) is 0 Å². The molecule has 0 atom stereocenters. The van der Waals surface area contributed by atoms with Crippen molar-refractivity contribution < 1.29 is 14.4 Å². The van der Waals surface area contributed by atoms with Gasteiger partial charge in [-0.25, -0.2) is 4.79 Å². The van der Waals surface area contributed by atoms with Gasteiger partial charge < -0.3 is 10.2 Å². The Morgan fingerprint density at radius 1 is 1.19 bits per heavy atom. The number of nitrogens with one attached hydrogen (secondary N) is 2. The van der Waals surface area contributed by atoms with Gasteiger partial charge >= 0.3 is 6.03 Å². The molecule has 2 N–H and O–H groups in total. The van der Waals surface area contributed by atoms with E-state index in [9.17, 15) is 14.4 Å². The van der Waals surface area contributed by atoms with Crippen LogP contribution in [0.4, 0.5) is 10.5 Å². The second-order valence-corrected chi connectivity index (χ2v) is 7.91. The first-order valence-corrected chi connectivity index (χ1v) is 9.79. The molecule has 1 saturated heterocycles. The largest absolute Gasteiger partial charge is 0.362 e. The van der Waals surface area contributed by atoms with Gasteiger partial charge in [0.15, 0.2) is 0 Å². The zero-order valence-corrected chi connectivity index (χ0v) is 15.7. The summed E-state index contributed by atoms with van der Waals surface area (Å²) in [6.07, 6.45) is 6.17. The predicted octanol–water partition coefficient (Wildman–Crippen LogP) is 2.03. The molecule has 0 bridgehead atoms. The number of rotatable bonds is 3. The maximum absolute atomic E-state index is 12.8. The third-order valence-corrected chi connectivity index (χ3v) is 5.89. The Bertz CT molecular complexity index is 785. The first-order valence-electron chi connectivity index (χ1n) is 9.79. The highest BCUT2D eigenvalue weighted by atomic mass is 16.2. The number of amides is 4. The second-order valence-electron chi connectivity index (χ2n) is 7.91. The van der Waals surface area contributed by atoms with Crippen LogP contribution in [0.25, 0.3) is 0 Å². The van der Waals surface area contributed by atoms with E-state index in [4.69, 9.17) is 0 Å². The fourth-order valence-corrected chi connectivity index (χ4v) is 4.52. The summed E-state index contributed by atoms with van der Waals surface area (Å²) in [5.74, 6) is -0.671. The Kier molecular flexibility index (Phi) is 4.53. The smallest absolute Gasteiger partial charge is 0.344 e. The van der Waals surface area contributed by atoms with Crippen molar-refractivity contribution in [3.63, 3.8) is 0 Å². The summed E-state index contributed by atoms with van der Waals surface area (Å²) in [6.45, 7) is 2.97. The average Bonchev–Trinajstić information content (AvgIpc) is 2.86. The summed E-state index contributed by atoms with van der Waals surface area (Å²) in [7, 11) is 0. The van der Waals surface area contributed by atoms with Gasteiger partial charge in [0.25, 0.3) is 11.8 Å². The third-order valence-electron chi connectivity index (χ3n) is 5.89. The summed E-state index contributed by atoms with van der Waals surface area (Å²) >= 11 is 0. The molecular weight excluding hydrogens is 344 g/mol. The molecule has 4 rings (SSSR count). The standard InChI is InChI=1S/C20H26N4O3/c1-14-7-8-16-15(12-14)6-5-11-23(16)13-17(25)22-24-18(26)20(21-19(24)27)9-3-2-4-10-20/h7-8,12H,2-6,9-11,13H2,1H3,(H,21,27)(H,22,25). The van der Waals surface area contributed by atoms with Crippen molar-refractivity contribution in [3.05, 3.63) is 29.3 Å². The van der Waals surface area contributed by atoms with Crippen LogP contribution in [-0.2, 0) is 16.0 Å². The Balaban J connectivity index is 1.43. The summed E-state index contributed by atoms with van der Waals surface area (Å²) in [4.78, 5) is 39.7. The lowest BCUT2D eigenvalue weighted by atomic mass is 9.82. The molecule has 7 nitrogen and oxygen atoms in total. The van der Waals surface area contributed by atoms with Crippen molar-refractivity contribution in [2.45, 2.75) is 57.4 Å². The van der Waals surface area contributed by atoms with Crippen molar-refractivity contribution in [1.82, 2.24) is 15.8 Å². The molecule has 1 aliphatic carbocycles. The average molecular weight is 370 g/mol. The maximum Gasteiger partial charge on any atom is 0.344 e. The molecular formula is C20H26N4O3. The van der Waals surface area contributed by atoms with Crippen LogP contribution in [0.5, 0.6) is 0 Å². The number of carbonyl (C=O) groups is 3. The minimum Gasteiger partial charge on any atom is -0.362 e. The number of hydrazine groups is 1. The number of aryl methyl sites for hydroxylation is 2. The van der Waals surface area contributed by atoms with Gasteiger partial charge in [0, 0.05) is 12.2 Å². The molecule has 0 radical (unpaired) electrons. The molecule has 4 amide bonds. The number of carbonyl (C=O) groups excluding carboxylic acids is 3. The monoisotopic (exact) mass is 370 g/mol. The molecule has 2 heterocycles. The highest BCUT2D eigenvalue weighted by Crippen LogP contribution is 2.33. The van der Waals surface area contributed by atoms with E-state index >= 15 is 0 Å². The number of hydrogen-bond donors (Lipinski definition) is 2. The fraction of sp³-hybridized carbons (Fsp3) is 0.550. The number of imide groups is 1. The number of hydrogen-bond acceptors (Lipinski definition) is 4. The van der Waals surface area contributed by atoms with Gasteiger partial charge in [0.1, 0.15) is 5.54 Å². The van der Waals surface area contributed by atoms with E-state index < -0.39 is 11.6 Å². The predicted molar refractivity (Wildman–Crippen MR) is 101 cm³/mol. The van der Waals surface area contributed by atoms with Crippen LogP contribution in [0.2, 0.25) is 0 Å². The Hall–Kier alpha value is -2.57. The highest BCUT2D eigenvalue weighted by molar-refractivity contribution is 6.08. The normalized spacial score (nSPS) is 21.2. The molecule has 27 heavy (non-hydrogen) atoms. The third kappa shape index (κ3) is 3.26. The molecule has 0 unspecified atom stereocenters. The van der Waals surface area contributed by atoms with E-state index in [1.54, 1.807) is 0 Å². The van der Waals surface area contributed by atoms with Gasteiger partial charge in [-0.3, -0.25) is 15.0 Å². The number of urea groups is 1. The van der Waals surface area contributed by atoms with Crippen LogP contribution >= 0.6 is 0 Å². The van der Waals surface area contributed by atoms with Crippen LogP contribution in [0.3, 0.4) is 0 Å². The van der Waals surface area contributed by atoms with Crippen molar-refractivity contribution in [2.24, 2.45) is 0 Å². The number of anilines is 1. The summed E-state index contributed by atoms with van der Waals surface area (Å²) < 4.78 is 0. The van der Waals surface area contributed by atoms with E-state index in [1.807, 2.05) is 17.0 Å². The molecule has 3 aliphatic rings. The second kappa shape index (κ2) is 6.87. The number of benzene rings is 1. The van der Waals surface area contributed by atoms with Crippen LogP contribution in [0, 0.1) is 6.92 Å². The van der Waals surface area contributed by atoms with Gasteiger partial charge in [-0.15, -0.1) is 0 Å². The Labute approximate surface area is 159 Å². The molecule has 144 valence electrons.